The maximum atomic E-state index is 10.4. The number of amides is 1. The van der Waals surface area contributed by atoms with Crippen LogP contribution in [-0.2, 0) is 14.3 Å². The summed E-state index contributed by atoms with van der Waals surface area (Å²) < 4.78 is 9.90. The van der Waals surface area contributed by atoms with Crippen molar-refractivity contribution in [1.29, 1.82) is 0 Å². The van der Waals surface area contributed by atoms with E-state index in [2.05, 4.69) is 5.32 Å². The van der Waals surface area contributed by atoms with Gasteiger partial charge in [-0.3, -0.25) is 4.79 Å². The van der Waals surface area contributed by atoms with Crippen LogP contribution in [0.25, 0.3) is 0 Å². The van der Waals surface area contributed by atoms with Crippen LogP contribution in [0.15, 0.2) is 0 Å². The molecule has 0 fully saturated rings. The van der Waals surface area contributed by atoms with E-state index in [1.165, 1.54) is 0 Å². The van der Waals surface area contributed by atoms with Crippen LogP contribution in [0, 0.1) is 0 Å². The summed E-state index contributed by atoms with van der Waals surface area (Å²) in [6.45, 7) is 1.36. The molecule has 3 N–H and O–H groups in total. The highest BCUT2D eigenvalue weighted by molar-refractivity contribution is 5.73. The zero-order chi connectivity index (χ0) is 10.1. The van der Waals surface area contributed by atoms with Gasteiger partial charge in [0.15, 0.2) is 6.29 Å². The predicted molar refractivity (Wildman–Crippen MR) is 49.1 cm³/mol. The minimum Gasteiger partial charge on any atom is -0.370 e. The van der Waals surface area contributed by atoms with Gasteiger partial charge in [0.1, 0.15) is 0 Å². The Morgan fingerprint density at radius 1 is 1.46 bits per heavy atom. The van der Waals surface area contributed by atoms with Crippen molar-refractivity contribution >= 4 is 5.91 Å². The number of methoxy groups -OCH3 is 2. The van der Waals surface area contributed by atoms with Gasteiger partial charge in [-0.2, -0.15) is 0 Å². The Bertz CT molecular complexity index is 137. The second-order valence-corrected chi connectivity index (χ2v) is 2.67. The van der Waals surface area contributed by atoms with E-state index >= 15 is 0 Å². The topological polar surface area (TPSA) is 73.6 Å². The summed E-state index contributed by atoms with van der Waals surface area (Å²) >= 11 is 0. The summed E-state index contributed by atoms with van der Waals surface area (Å²) in [7, 11) is 3.17. The molecule has 5 nitrogen and oxygen atoms in total. The maximum Gasteiger partial charge on any atom is 0.217 e. The Morgan fingerprint density at radius 3 is 2.54 bits per heavy atom. The predicted octanol–water partition coefficient (Wildman–Crippen LogP) is -0.540. The maximum absolute atomic E-state index is 10.4. The number of hydrogen-bond donors (Lipinski definition) is 2. The third kappa shape index (κ3) is 7.70. The van der Waals surface area contributed by atoms with Crippen molar-refractivity contribution in [2.24, 2.45) is 5.73 Å². The molecule has 0 aromatic heterocycles. The van der Waals surface area contributed by atoms with Gasteiger partial charge in [-0.15, -0.1) is 0 Å². The molecule has 0 aromatic carbocycles. The van der Waals surface area contributed by atoms with Crippen molar-refractivity contribution in [2.75, 3.05) is 27.3 Å². The van der Waals surface area contributed by atoms with E-state index < -0.39 is 0 Å². The molecule has 0 bridgehead atoms. The average Bonchev–Trinajstić information content (AvgIpc) is 2.11. The van der Waals surface area contributed by atoms with Crippen LogP contribution in [0.2, 0.25) is 0 Å². The monoisotopic (exact) mass is 190 g/mol. The van der Waals surface area contributed by atoms with Gasteiger partial charge in [-0.1, -0.05) is 0 Å². The Morgan fingerprint density at radius 2 is 2.08 bits per heavy atom. The number of carbonyl (C=O) groups excluding carboxylic acids is 1. The minimum absolute atomic E-state index is 0.228. The zero-order valence-corrected chi connectivity index (χ0v) is 8.21. The van der Waals surface area contributed by atoms with Crippen LogP contribution in [-0.4, -0.2) is 39.5 Å². The Labute approximate surface area is 78.6 Å². The SMILES string of the molecule is COC(CNCCCC(N)=O)OC. The van der Waals surface area contributed by atoms with Crippen LogP contribution >= 0.6 is 0 Å². The number of ether oxygens (including phenoxy) is 2. The fourth-order valence-electron chi connectivity index (χ4n) is 0.870. The first-order valence-electron chi connectivity index (χ1n) is 4.25. The molecule has 0 radical (unpaired) electrons. The van der Waals surface area contributed by atoms with Crippen molar-refractivity contribution in [2.45, 2.75) is 19.1 Å². The molecular weight excluding hydrogens is 172 g/mol. The van der Waals surface area contributed by atoms with E-state index in [9.17, 15) is 4.79 Å². The van der Waals surface area contributed by atoms with E-state index in [4.69, 9.17) is 15.2 Å². The molecule has 13 heavy (non-hydrogen) atoms. The number of rotatable bonds is 8. The van der Waals surface area contributed by atoms with Gasteiger partial charge in [-0.25, -0.2) is 0 Å². The van der Waals surface area contributed by atoms with Crippen LogP contribution in [0.5, 0.6) is 0 Å². The van der Waals surface area contributed by atoms with E-state index in [-0.39, 0.29) is 12.2 Å². The summed E-state index contributed by atoms with van der Waals surface area (Å²) in [5, 5.41) is 3.08. The normalized spacial score (nSPS) is 10.7. The van der Waals surface area contributed by atoms with Gasteiger partial charge >= 0.3 is 0 Å². The standard InChI is InChI=1S/C8H18N2O3/c1-12-8(13-2)6-10-5-3-4-7(9)11/h8,10H,3-6H2,1-2H3,(H2,9,11). The minimum atomic E-state index is -0.267. The van der Waals surface area contributed by atoms with Gasteiger partial charge in [0.05, 0.1) is 0 Å². The molecule has 0 atom stereocenters. The van der Waals surface area contributed by atoms with Gasteiger partial charge < -0.3 is 20.5 Å². The molecule has 0 aliphatic heterocycles. The van der Waals surface area contributed by atoms with Crippen molar-refractivity contribution < 1.29 is 14.3 Å². The first-order chi connectivity index (χ1) is 6.20. The lowest BCUT2D eigenvalue weighted by molar-refractivity contribution is -0.118. The average molecular weight is 190 g/mol. The van der Waals surface area contributed by atoms with E-state index in [1.807, 2.05) is 0 Å². The van der Waals surface area contributed by atoms with Crippen LogP contribution in [0.4, 0.5) is 0 Å². The second kappa shape index (κ2) is 7.97. The van der Waals surface area contributed by atoms with Crippen molar-refractivity contribution in [1.82, 2.24) is 5.32 Å². The Kier molecular flexibility index (Phi) is 7.57. The first-order valence-corrected chi connectivity index (χ1v) is 4.25. The van der Waals surface area contributed by atoms with Crippen LogP contribution in [0.1, 0.15) is 12.8 Å². The van der Waals surface area contributed by atoms with E-state index in [1.54, 1.807) is 14.2 Å². The summed E-state index contributed by atoms with van der Waals surface area (Å²) in [6, 6.07) is 0. The van der Waals surface area contributed by atoms with Crippen molar-refractivity contribution in [3.8, 4) is 0 Å². The van der Waals surface area contributed by atoms with Gasteiger partial charge in [0.25, 0.3) is 0 Å². The number of nitrogens with two attached hydrogens (primary N) is 1. The molecule has 0 unspecified atom stereocenters. The molecule has 0 rings (SSSR count). The quantitative estimate of drug-likeness (QED) is 0.398. The third-order valence-electron chi connectivity index (χ3n) is 1.61. The fourth-order valence-corrected chi connectivity index (χ4v) is 0.870. The molecule has 0 spiro atoms. The third-order valence-corrected chi connectivity index (χ3v) is 1.61. The number of primary amides is 1. The summed E-state index contributed by atoms with van der Waals surface area (Å²) in [6.07, 6.45) is 0.932. The first kappa shape index (κ1) is 12.3. The highest BCUT2D eigenvalue weighted by atomic mass is 16.7. The second-order valence-electron chi connectivity index (χ2n) is 2.67. The molecule has 0 saturated heterocycles. The lowest BCUT2D eigenvalue weighted by Gasteiger charge is -2.13. The number of nitrogens with one attached hydrogen (secondary N) is 1. The summed E-state index contributed by atoms with van der Waals surface area (Å²) in [5.74, 6) is -0.267. The largest absolute Gasteiger partial charge is 0.370 e. The summed E-state index contributed by atoms with van der Waals surface area (Å²) in [4.78, 5) is 10.4. The molecule has 0 aromatic rings. The molecule has 0 aliphatic rings. The molecule has 0 heterocycles. The zero-order valence-electron chi connectivity index (χ0n) is 8.21. The number of hydrogen-bond acceptors (Lipinski definition) is 4. The molecule has 5 heteroatoms. The highest BCUT2D eigenvalue weighted by Gasteiger charge is 2.02. The lowest BCUT2D eigenvalue weighted by Crippen LogP contribution is -2.30. The van der Waals surface area contributed by atoms with E-state index in [0.717, 1.165) is 13.0 Å². The van der Waals surface area contributed by atoms with E-state index in [0.29, 0.717) is 13.0 Å². The number of carbonyl (C=O) groups is 1. The fraction of sp³-hybridized carbons (Fsp3) is 0.875. The van der Waals surface area contributed by atoms with Crippen LogP contribution in [0.3, 0.4) is 0 Å². The van der Waals surface area contributed by atoms with Crippen LogP contribution < -0.4 is 11.1 Å². The van der Waals surface area contributed by atoms with Gasteiger partial charge in [0.2, 0.25) is 5.91 Å². The Hall–Kier alpha value is -0.650. The smallest absolute Gasteiger partial charge is 0.217 e. The molecule has 1 amide bonds. The lowest BCUT2D eigenvalue weighted by atomic mass is 10.3. The van der Waals surface area contributed by atoms with Gasteiger partial charge in [0, 0.05) is 27.2 Å². The summed E-state index contributed by atoms with van der Waals surface area (Å²) in [5.41, 5.74) is 4.97. The molecular formula is C8H18N2O3. The van der Waals surface area contributed by atoms with Crippen molar-refractivity contribution in [3.05, 3.63) is 0 Å². The van der Waals surface area contributed by atoms with Crippen molar-refractivity contribution in [3.63, 3.8) is 0 Å². The Balaban J connectivity index is 3.19. The molecule has 78 valence electrons. The highest BCUT2D eigenvalue weighted by Crippen LogP contribution is 1.89. The molecule has 0 aliphatic carbocycles. The van der Waals surface area contributed by atoms with Gasteiger partial charge in [-0.05, 0) is 13.0 Å². The molecule has 0 saturated carbocycles.